The predicted molar refractivity (Wildman–Crippen MR) is 121 cm³/mol. The molecule has 1 aromatic heterocycles. The van der Waals surface area contributed by atoms with E-state index in [1.165, 1.54) is 0 Å². The van der Waals surface area contributed by atoms with Crippen molar-refractivity contribution >= 4 is 28.8 Å². The number of morpholine rings is 1. The van der Waals surface area contributed by atoms with Crippen LogP contribution in [0.15, 0.2) is 66.0 Å². The lowest BCUT2D eigenvalue weighted by Crippen LogP contribution is -2.41. The molecule has 0 radical (unpaired) electrons. The van der Waals surface area contributed by atoms with Crippen LogP contribution in [0, 0.1) is 0 Å². The van der Waals surface area contributed by atoms with E-state index in [2.05, 4.69) is 5.32 Å². The van der Waals surface area contributed by atoms with Gasteiger partial charge in [-0.2, -0.15) is 0 Å². The number of carbonyl (C=O) groups excluding carboxylic acids is 2. The summed E-state index contributed by atoms with van der Waals surface area (Å²) in [5, 5.41) is 4.90. The molecule has 31 heavy (non-hydrogen) atoms. The van der Waals surface area contributed by atoms with Crippen LogP contribution in [-0.2, 0) is 22.6 Å². The van der Waals surface area contributed by atoms with Crippen molar-refractivity contribution in [1.29, 1.82) is 0 Å². The first-order valence-corrected chi connectivity index (χ1v) is 11.1. The minimum Gasteiger partial charge on any atom is -0.488 e. The first kappa shape index (κ1) is 21.1. The Kier molecular flexibility index (Phi) is 6.96. The van der Waals surface area contributed by atoms with Gasteiger partial charge in [0.05, 0.1) is 19.6 Å². The van der Waals surface area contributed by atoms with Gasteiger partial charge in [-0.1, -0.05) is 24.3 Å². The Hall–Kier alpha value is -3.16. The van der Waals surface area contributed by atoms with E-state index in [4.69, 9.17) is 9.47 Å². The molecule has 1 saturated heterocycles. The molecule has 7 heteroatoms. The molecule has 0 atom stereocenters. The van der Waals surface area contributed by atoms with Gasteiger partial charge in [-0.05, 0) is 47.3 Å². The van der Waals surface area contributed by atoms with Gasteiger partial charge in [0.2, 0.25) is 5.91 Å². The number of ether oxygens (including phenoxy) is 2. The van der Waals surface area contributed by atoms with E-state index in [-0.39, 0.29) is 11.8 Å². The molecule has 1 N–H and O–H groups in total. The lowest BCUT2D eigenvalue weighted by atomic mass is 10.1. The number of benzene rings is 2. The molecule has 0 bridgehead atoms. The van der Waals surface area contributed by atoms with Crippen molar-refractivity contribution in [3.05, 3.63) is 82.0 Å². The van der Waals surface area contributed by atoms with E-state index < -0.39 is 0 Å². The van der Waals surface area contributed by atoms with Crippen molar-refractivity contribution in [2.45, 2.75) is 13.0 Å². The van der Waals surface area contributed by atoms with Crippen molar-refractivity contribution in [3.63, 3.8) is 0 Å². The zero-order valence-electron chi connectivity index (χ0n) is 17.1. The molecule has 1 aliphatic rings. The number of hydrogen-bond donors (Lipinski definition) is 1. The third-order valence-corrected chi connectivity index (χ3v) is 5.84. The average molecular weight is 437 g/mol. The minimum absolute atomic E-state index is 0.0967. The summed E-state index contributed by atoms with van der Waals surface area (Å²) in [4.78, 5) is 27.9. The largest absolute Gasteiger partial charge is 0.488 e. The second-order valence-electron chi connectivity index (χ2n) is 7.22. The Labute approximate surface area is 185 Å². The fourth-order valence-electron chi connectivity index (χ4n) is 3.28. The highest BCUT2D eigenvalue weighted by Gasteiger charge is 2.17. The van der Waals surface area contributed by atoms with Crippen LogP contribution in [0.2, 0.25) is 0 Å². The number of anilines is 1. The maximum absolute atomic E-state index is 12.6. The number of rotatable bonds is 7. The van der Waals surface area contributed by atoms with E-state index in [9.17, 15) is 9.59 Å². The van der Waals surface area contributed by atoms with Crippen LogP contribution in [0.5, 0.6) is 5.75 Å². The third kappa shape index (κ3) is 5.93. The van der Waals surface area contributed by atoms with E-state index >= 15 is 0 Å². The fourth-order valence-corrected chi connectivity index (χ4v) is 3.90. The van der Waals surface area contributed by atoms with Gasteiger partial charge in [-0.25, -0.2) is 0 Å². The van der Waals surface area contributed by atoms with Crippen molar-refractivity contribution < 1.29 is 19.1 Å². The normalized spacial score (nSPS) is 13.6. The number of carbonyl (C=O) groups is 2. The topological polar surface area (TPSA) is 67.9 Å². The standard InChI is InChI=1S/C24H24N2O4S/c27-23(26-10-12-29-13-11-26)15-18-6-8-20(9-7-18)25-24(28)19-3-1-4-21(16-19)30-17-22-5-2-14-31-22/h1-9,14,16H,10-13,15,17H2,(H,25,28). The minimum atomic E-state index is -0.210. The number of nitrogens with one attached hydrogen (secondary N) is 1. The van der Waals surface area contributed by atoms with Crippen LogP contribution in [0.4, 0.5) is 5.69 Å². The highest BCUT2D eigenvalue weighted by Crippen LogP contribution is 2.19. The van der Waals surface area contributed by atoms with Gasteiger partial charge in [0.1, 0.15) is 12.4 Å². The number of hydrogen-bond acceptors (Lipinski definition) is 5. The Balaban J connectivity index is 1.32. The molecule has 0 aliphatic carbocycles. The SMILES string of the molecule is O=C(Nc1ccc(CC(=O)N2CCOCC2)cc1)c1cccc(OCc2cccs2)c1. The average Bonchev–Trinajstić information content (AvgIpc) is 3.33. The summed E-state index contributed by atoms with van der Waals surface area (Å²) in [6.07, 6.45) is 0.345. The number of thiophene rings is 1. The van der Waals surface area contributed by atoms with E-state index in [1.54, 1.807) is 29.5 Å². The quantitative estimate of drug-likeness (QED) is 0.608. The van der Waals surface area contributed by atoms with Crippen molar-refractivity contribution in [2.24, 2.45) is 0 Å². The molecular formula is C24H24N2O4S. The molecule has 3 aromatic rings. The van der Waals surface area contributed by atoms with Crippen molar-refractivity contribution in [3.8, 4) is 5.75 Å². The molecule has 6 nitrogen and oxygen atoms in total. The molecule has 4 rings (SSSR count). The summed E-state index contributed by atoms with van der Waals surface area (Å²) in [5.74, 6) is 0.538. The Morgan fingerprint density at radius 3 is 2.58 bits per heavy atom. The summed E-state index contributed by atoms with van der Waals surface area (Å²) >= 11 is 1.63. The molecule has 1 fully saturated rings. The molecular weight excluding hydrogens is 412 g/mol. The monoisotopic (exact) mass is 436 g/mol. The van der Waals surface area contributed by atoms with Crippen LogP contribution in [-0.4, -0.2) is 43.0 Å². The van der Waals surface area contributed by atoms with Gasteiger partial charge in [0.15, 0.2) is 0 Å². The maximum Gasteiger partial charge on any atom is 0.255 e. The summed E-state index contributed by atoms with van der Waals surface area (Å²) in [7, 11) is 0. The number of nitrogens with zero attached hydrogens (tertiary/aromatic N) is 1. The van der Waals surface area contributed by atoms with Crippen LogP contribution >= 0.6 is 11.3 Å². The van der Waals surface area contributed by atoms with Crippen LogP contribution < -0.4 is 10.1 Å². The first-order chi connectivity index (χ1) is 15.2. The fraction of sp³-hybridized carbons (Fsp3) is 0.250. The van der Waals surface area contributed by atoms with Crippen LogP contribution in [0.3, 0.4) is 0 Å². The lowest BCUT2D eigenvalue weighted by Gasteiger charge is -2.26. The molecule has 2 heterocycles. The highest BCUT2D eigenvalue weighted by atomic mass is 32.1. The van der Waals surface area contributed by atoms with Gasteiger partial charge in [0.25, 0.3) is 5.91 Å². The Morgan fingerprint density at radius 2 is 1.84 bits per heavy atom. The van der Waals surface area contributed by atoms with E-state index in [1.807, 2.05) is 52.7 Å². The molecule has 2 aromatic carbocycles. The van der Waals surface area contributed by atoms with Gasteiger partial charge >= 0.3 is 0 Å². The van der Waals surface area contributed by atoms with Gasteiger partial charge in [0, 0.05) is 29.2 Å². The zero-order chi connectivity index (χ0) is 21.5. The highest BCUT2D eigenvalue weighted by molar-refractivity contribution is 7.09. The Morgan fingerprint density at radius 1 is 1.03 bits per heavy atom. The van der Waals surface area contributed by atoms with E-state index in [0.29, 0.717) is 56.3 Å². The third-order valence-electron chi connectivity index (χ3n) is 4.99. The molecule has 0 unspecified atom stereocenters. The summed E-state index contributed by atoms with van der Waals surface area (Å²) < 4.78 is 11.1. The van der Waals surface area contributed by atoms with Crippen molar-refractivity contribution in [2.75, 3.05) is 31.6 Å². The van der Waals surface area contributed by atoms with Gasteiger partial charge in [-0.15, -0.1) is 11.3 Å². The molecule has 0 saturated carbocycles. The molecule has 1 aliphatic heterocycles. The second-order valence-corrected chi connectivity index (χ2v) is 8.25. The number of amides is 2. The van der Waals surface area contributed by atoms with Gasteiger partial charge in [-0.3, -0.25) is 9.59 Å². The first-order valence-electron chi connectivity index (χ1n) is 10.2. The Bertz CT molecular complexity index is 1010. The molecule has 160 valence electrons. The predicted octanol–water partition coefficient (Wildman–Crippen LogP) is 3.98. The van der Waals surface area contributed by atoms with Gasteiger partial charge < -0.3 is 19.7 Å². The van der Waals surface area contributed by atoms with E-state index in [0.717, 1.165) is 10.4 Å². The summed E-state index contributed by atoms with van der Waals surface area (Å²) in [6, 6.07) is 18.5. The molecule has 2 amide bonds. The molecule has 0 spiro atoms. The van der Waals surface area contributed by atoms with Crippen LogP contribution in [0.1, 0.15) is 20.8 Å². The summed E-state index contributed by atoms with van der Waals surface area (Å²) in [6.45, 7) is 2.95. The zero-order valence-corrected chi connectivity index (χ0v) is 17.9. The second kappa shape index (κ2) is 10.2. The smallest absolute Gasteiger partial charge is 0.255 e. The van der Waals surface area contributed by atoms with Crippen molar-refractivity contribution in [1.82, 2.24) is 4.90 Å². The van der Waals surface area contributed by atoms with Crippen LogP contribution in [0.25, 0.3) is 0 Å². The maximum atomic E-state index is 12.6. The summed E-state index contributed by atoms with van der Waals surface area (Å²) in [5.41, 5.74) is 2.12. The lowest BCUT2D eigenvalue weighted by molar-refractivity contribution is -0.134.